The van der Waals surface area contributed by atoms with Crippen LogP contribution in [0.15, 0.2) is 182 Å². The van der Waals surface area contributed by atoms with E-state index in [-0.39, 0.29) is 11.3 Å². The third kappa shape index (κ3) is 6.71. The lowest BCUT2D eigenvalue weighted by Gasteiger charge is -2.37. The summed E-state index contributed by atoms with van der Waals surface area (Å²) in [6.07, 6.45) is 4.40. The minimum absolute atomic E-state index is 0.00297. The molecule has 0 fully saturated rings. The van der Waals surface area contributed by atoms with Gasteiger partial charge in [0.1, 0.15) is 0 Å². The number of hydrogen-bond donors (Lipinski definition) is 1. The standard InChI is InChI=1S/C54H47N3O/c1-5-50-52-39(32-33-54(50,3)4)34-51(57(43-22-14-8-15-23-43)44-24-16-9-17-25-44)47-31-30-46-48(38-26-28-40(29-27-38)55-37(2)58)35-45(36-49(46)53(47)52)56(41-18-10-6-11-19-41)42-20-12-7-13-21-42/h5-31,34-36H,32-33H2,1-4H3,(H,55,58)/b50-5+. The molecule has 0 aliphatic heterocycles. The van der Waals surface area contributed by atoms with E-state index >= 15 is 0 Å². The van der Waals surface area contributed by atoms with E-state index in [0.29, 0.717) is 0 Å². The Morgan fingerprint density at radius 1 is 0.586 bits per heavy atom. The summed E-state index contributed by atoms with van der Waals surface area (Å²) >= 11 is 0. The van der Waals surface area contributed by atoms with Crippen LogP contribution in [0.5, 0.6) is 0 Å². The lowest BCUT2D eigenvalue weighted by Crippen LogP contribution is -2.22. The van der Waals surface area contributed by atoms with Crippen LogP contribution < -0.4 is 15.1 Å². The molecule has 0 unspecified atom stereocenters. The molecule has 0 saturated heterocycles. The first-order chi connectivity index (χ1) is 28.3. The van der Waals surface area contributed by atoms with E-state index in [1.165, 1.54) is 38.2 Å². The van der Waals surface area contributed by atoms with Gasteiger partial charge in [-0.1, -0.05) is 117 Å². The summed E-state index contributed by atoms with van der Waals surface area (Å²) in [6, 6.07) is 62.9. The van der Waals surface area contributed by atoms with Gasteiger partial charge in [0.05, 0.1) is 5.69 Å². The van der Waals surface area contributed by atoms with Crippen molar-refractivity contribution in [2.45, 2.75) is 40.5 Å². The van der Waals surface area contributed by atoms with Crippen LogP contribution in [0, 0.1) is 5.41 Å². The zero-order valence-corrected chi connectivity index (χ0v) is 33.5. The number of aryl methyl sites for hydroxylation is 1. The van der Waals surface area contributed by atoms with E-state index in [1.54, 1.807) is 6.92 Å². The van der Waals surface area contributed by atoms with Gasteiger partial charge in [0.15, 0.2) is 0 Å². The van der Waals surface area contributed by atoms with E-state index in [0.717, 1.165) is 63.8 Å². The molecule has 0 radical (unpaired) electrons. The van der Waals surface area contributed by atoms with Crippen LogP contribution in [0.3, 0.4) is 0 Å². The number of nitrogens with one attached hydrogen (secondary N) is 1. The third-order valence-corrected chi connectivity index (χ3v) is 11.7. The van der Waals surface area contributed by atoms with Gasteiger partial charge in [-0.25, -0.2) is 0 Å². The van der Waals surface area contributed by atoms with E-state index in [9.17, 15) is 4.79 Å². The SMILES string of the molecule is C/C=C1\c2c(cc(N(c3ccccc3)c3ccccc3)c3ccc4c(-c5ccc(NC(C)=O)cc5)cc(N(c5ccccc5)c5ccccc5)cc4c23)CCC1(C)C. The highest BCUT2D eigenvalue weighted by Crippen LogP contribution is 2.53. The van der Waals surface area contributed by atoms with Crippen molar-refractivity contribution in [2.75, 3.05) is 15.1 Å². The van der Waals surface area contributed by atoms with Crippen molar-refractivity contribution in [1.29, 1.82) is 0 Å². The normalized spacial score (nSPS) is 14.0. The monoisotopic (exact) mass is 753 g/mol. The van der Waals surface area contributed by atoms with Gasteiger partial charge in [-0.3, -0.25) is 4.79 Å². The molecular weight excluding hydrogens is 707 g/mol. The van der Waals surface area contributed by atoms with Crippen LogP contribution in [0.2, 0.25) is 0 Å². The molecule has 0 aromatic heterocycles. The Kier molecular flexibility index (Phi) is 9.63. The summed E-state index contributed by atoms with van der Waals surface area (Å²) in [4.78, 5) is 16.8. The number of nitrogens with zero attached hydrogens (tertiary/aromatic N) is 2. The lowest BCUT2D eigenvalue weighted by molar-refractivity contribution is -0.114. The summed E-state index contributed by atoms with van der Waals surface area (Å²) in [5, 5.41) is 7.79. The molecule has 4 nitrogen and oxygen atoms in total. The molecule has 4 heteroatoms. The molecule has 8 aromatic rings. The summed E-state index contributed by atoms with van der Waals surface area (Å²) in [5.74, 6) is -0.0867. The van der Waals surface area contributed by atoms with Crippen molar-refractivity contribution in [2.24, 2.45) is 5.41 Å². The number of rotatable bonds is 8. The maximum atomic E-state index is 12.0. The third-order valence-electron chi connectivity index (χ3n) is 11.7. The second-order valence-electron chi connectivity index (χ2n) is 15.9. The molecule has 284 valence electrons. The molecule has 1 aliphatic carbocycles. The number of anilines is 7. The average Bonchev–Trinajstić information content (AvgIpc) is 3.25. The highest BCUT2D eigenvalue weighted by Gasteiger charge is 2.34. The first kappa shape index (κ1) is 36.7. The van der Waals surface area contributed by atoms with Gasteiger partial charge in [0, 0.05) is 46.4 Å². The molecule has 1 amide bonds. The number of benzene rings is 8. The van der Waals surface area contributed by atoms with Crippen molar-refractivity contribution >= 4 is 72.8 Å². The van der Waals surface area contributed by atoms with E-state index < -0.39 is 0 Å². The predicted molar refractivity (Wildman–Crippen MR) is 246 cm³/mol. The second-order valence-corrected chi connectivity index (χ2v) is 15.9. The van der Waals surface area contributed by atoms with Crippen LogP contribution in [-0.4, -0.2) is 5.91 Å². The minimum atomic E-state index is -0.0867. The smallest absolute Gasteiger partial charge is 0.221 e. The van der Waals surface area contributed by atoms with Gasteiger partial charge in [0.25, 0.3) is 0 Å². The Labute approximate surface area is 341 Å². The molecule has 0 heterocycles. The topological polar surface area (TPSA) is 35.6 Å². The predicted octanol–water partition coefficient (Wildman–Crippen LogP) is 14.9. The van der Waals surface area contributed by atoms with Crippen LogP contribution in [0.4, 0.5) is 39.8 Å². The fraction of sp³-hybridized carbons (Fsp3) is 0.130. The summed E-state index contributed by atoms with van der Waals surface area (Å²) in [6.45, 7) is 8.55. The van der Waals surface area contributed by atoms with Crippen molar-refractivity contribution in [3.05, 3.63) is 193 Å². The van der Waals surface area contributed by atoms with E-state index in [1.807, 2.05) is 12.1 Å². The highest BCUT2D eigenvalue weighted by molar-refractivity contribution is 6.21. The van der Waals surface area contributed by atoms with Crippen molar-refractivity contribution in [3.63, 3.8) is 0 Å². The van der Waals surface area contributed by atoms with Crippen molar-refractivity contribution < 1.29 is 4.79 Å². The minimum Gasteiger partial charge on any atom is -0.326 e. The summed E-state index contributed by atoms with van der Waals surface area (Å²) in [7, 11) is 0. The van der Waals surface area contributed by atoms with Gasteiger partial charge in [-0.2, -0.15) is 0 Å². The maximum absolute atomic E-state index is 12.0. The molecule has 1 N–H and O–H groups in total. The maximum Gasteiger partial charge on any atom is 0.221 e. The Morgan fingerprint density at radius 2 is 1.10 bits per heavy atom. The van der Waals surface area contributed by atoms with Gasteiger partial charge in [-0.05, 0) is 148 Å². The van der Waals surface area contributed by atoms with Crippen LogP contribution >= 0.6 is 0 Å². The number of hydrogen-bond acceptors (Lipinski definition) is 3. The molecule has 0 spiro atoms. The largest absolute Gasteiger partial charge is 0.326 e. The van der Waals surface area contributed by atoms with Crippen molar-refractivity contribution in [3.8, 4) is 11.1 Å². The number of carbonyl (C=O) groups is 1. The summed E-state index contributed by atoms with van der Waals surface area (Å²) < 4.78 is 0. The van der Waals surface area contributed by atoms with Crippen LogP contribution in [-0.2, 0) is 11.2 Å². The van der Waals surface area contributed by atoms with Gasteiger partial charge in [0.2, 0.25) is 5.91 Å². The van der Waals surface area contributed by atoms with E-state index in [2.05, 4.69) is 206 Å². The Hall–Kier alpha value is -6.91. The van der Waals surface area contributed by atoms with Gasteiger partial charge in [-0.15, -0.1) is 0 Å². The Morgan fingerprint density at radius 3 is 1.62 bits per heavy atom. The number of amides is 1. The lowest BCUT2D eigenvalue weighted by atomic mass is 9.68. The van der Waals surface area contributed by atoms with Crippen LogP contribution in [0.1, 0.15) is 45.2 Å². The Bertz CT molecular complexity index is 2710. The molecule has 0 bridgehead atoms. The number of para-hydroxylation sites is 4. The molecule has 1 aliphatic rings. The molecule has 0 saturated carbocycles. The quantitative estimate of drug-likeness (QED) is 0.157. The average molecular weight is 754 g/mol. The fourth-order valence-corrected chi connectivity index (χ4v) is 9.01. The number of carbonyl (C=O) groups excluding carboxylic acids is 1. The molecule has 9 rings (SSSR count). The molecule has 58 heavy (non-hydrogen) atoms. The second kappa shape index (κ2) is 15.2. The van der Waals surface area contributed by atoms with Gasteiger partial charge >= 0.3 is 0 Å². The highest BCUT2D eigenvalue weighted by atomic mass is 16.1. The zero-order chi connectivity index (χ0) is 39.8. The Balaban J connectivity index is 1.44. The molecule has 8 aromatic carbocycles. The zero-order valence-electron chi connectivity index (χ0n) is 33.5. The number of fused-ring (bicyclic) bond motifs is 5. The van der Waals surface area contributed by atoms with Crippen LogP contribution in [0.25, 0.3) is 38.2 Å². The first-order valence-electron chi connectivity index (χ1n) is 20.2. The summed E-state index contributed by atoms with van der Waals surface area (Å²) in [5.41, 5.74) is 13.7. The number of allylic oxidation sites excluding steroid dienone is 2. The van der Waals surface area contributed by atoms with Gasteiger partial charge < -0.3 is 15.1 Å². The fourth-order valence-electron chi connectivity index (χ4n) is 9.01. The molecular formula is C54H47N3O. The first-order valence-corrected chi connectivity index (χ1v) is 20.2. The van der Waals surface area contributed by atoms with Crippen molar-refractivity contribution in [1.82, 2.24) is 0 Å². The molecule has 0 atom stereocenters. The van der Waals surface area contributed by atoms with E-state index in [4.69, 9.17) is 0 Å².